The van der Waals surface area contributed by atoms with Crippen molar-refractivity contribution in [2.45, 2.75) is 4.90 Å². The molecule has 0 aliphatic rings. The van der Waals surface area contributed by atoms with Crippen LogP contribution in [0.1, 0.15) is 31.1 Å². The lowest BCUT2D eigenvalue weighted by molar-refractivity contribution is -0.113. The van der Waals surface area contributed by atoms with E-state index in [0.717, 1.165) is 27.4 Å². The molecular formula is C27H20N2O6S. The van der Waals surface area contributed by atoms with Gasteiger partial charge in [0, 0.05) is 21.7 Å². The number of fused-ring (bicyclic) bond motifs is 1. The van der Waals surface area contributed by atoms with E-state index in [1.807, 2.05) is 42.5 Å². The number of hydrogen-bond donors (Lipinski definition) is 4. The average molecular weight is 501 g/mol. The van der Waals surface area contributed by atoms with Gasteiger partial charge in [-0.2, -0.15) is 0 Å². The van der Waals surface area contributed by atoms with Crippen molar-refractivity contribution in [1.29, 1.82) is 0 Å². The zero-order chi connectivity index (χ0) is 25.7. The van der Waals surface area contributed by atoms with E-state index in [2.05, 4.69) is 10.6 Å². The number of rotatable bonds is 8. The average Bonchev–Trinajstić information content (AvgIpc) is 2.88. The van der Waals surface area contributed by atoms with Crippen LogP contribution in [-0.4, -0.2) is 39.7 Å². The number of thioether (sulfide) groups is 1. The Kier molecular flexibility index (Phi) is 7.31. The van der Waals surface area contributed by atoms with Gasteiger partial charge in [-0.3, -0.25) is 9.59 Å². The summed E-state index contributed by atoms with van der Waals surface area (Å²) in [6.07, 6.45) is 0. The van der Waals surface area contributed by atoms with E-state index < -0.39 is 23.4 Å². The zero-order valence-corrected chi connectivity index (χ0v) is 19.5. The molecule has 4 aromatic carbocycles. The summed E-state index contributed by atoms with van der Waals surface area (Å²) in [4.78, 5) is 48.5. The molecule has 0 aliphatic heterocycles. The van der Waals surface area contributed by atoms with Gasteiger partial charge < -0.3 is 20.8 Å². The highest BCUT2D eigenvalue weighted by molar-refractivity contribution is 8.00. The predicted molar refractivity (Wildman–Crippen MR) is 138 cm³/mol. The summed E-state index contributed by atoms with van der Waals surface area (Å²) in [6, 6.07) is 23.5. The number of nitrogens with one attached hydrogen (secondary N) is 2. The first-order chi connectivity index (χ1) is 17.3. The molecule has 8 nitrogen and oxygen atoms in total. The highest BCUT2D eigenvalue weighted by atomic mass is 32.2. The van der Waals surface area contributed by atoms with Crippen molar-refractivity contribution in [3.05, 3.63) is 102 Å². The highest BCUT2D eigenvalue weighted by Gasteiger charge is 2.19. The summed E-state index contributed by atoms with van der Waals surface area (Å²) in [7, 11) is 0. The molecule has 0 heterocycles. The van der Waals surface area contributed by atoms with Gasteiger partial charge in [0.25, 0.3) is 5.91 Å². The van der Waals surface area contributed by atoms with Crippen LogP contribution in [0.3, 0.4) is 0 Å². The summed E-state index contributed by atoms with van der Waals surface area (Å²) in [6.45, 7) is 0. The Bertz CT molecular complexity index is 1480. The number of benzene rings is 4. The fourth-order valence-corrected chi connectivity index (χ4v) is 4.25. The summed E-state index contributed by atoms with van der Waals surface area (Å²) in [5.74, 6) is -3.34. The van der Waals surface area contributed by atoms with Gasteiger partial charge in [-0.15, -0.1) is 11.8 Å². The number of hydrogen-bond acceptors (Lipinski definition) is 5. The minimum atomic E-state index is -1.41. The predicted octanol–water partition coefficient (Wildman–Crippen LogP) is 5.22. The molecular weight excluding hydrogens is 480 g/mol. The van der Waals surface area contributed by atoms with E-state index in [-0.39, 0.29) is 22.8 Å². The van der Waals surface area contributed by atoms with Crippen molar-refractivity contribution in [3.63, 3.8) is 0 Å². The first kappa shape index (κ1) is 24.5. The van der Waals surface area contributed by atoms with Crippen LogP contribution >= 0.6 is 11.8 Å². The maximum absolute atomic E-state index is 12.6. The van der Waals surface area contributed by atoms with Crippen molar-refractivity contribution in [2.24, 2.45) is 0 Å². The Morgan fingerprint density at radius 1 is 0.722 bits per heavy atom. The van der Waals surface area contributed by atoms with Crippen molar-refractivity contribution in [3.8, 4) is 0 Å². The maximum Gasteiger partial charge on any atom is 0.336 e. The number of anilines is 2. The molecule has 4 rings (SSSR count). The monoisotopic (exact) mass is 500 g/mol. The largest absolute Gasteiger partial charge is 0.478 e. The number of aromatic carboxylic acids is 2. The highest BCUT2D eigenvalue weighted by Crippen LogP contribution is 2.25. The Balaban J connectivity index is 1.37. The second kappa shape index (κ2) is 10.7. The molecule has 0 unspecified atom stereocenters. The minimum Gasteiger partial charge on any atom is -0.478 e. The second-order valence-electron chi connectivity index (χ2n) is 7.71. The molecule has 0 aliphatic carbocycles. The molecule has 0 saturated carbocycles. The normalized spacial score (nSPS) is 10.6. The fraction of sp³-hybridized carbons (Fsp3) is 0.0370. The minimum absolute atomic E-state index is 0.153. The topological polar surface area (TPSA) is 133 Å². The summed E-state index contributed by atoms with van der Waals surface area (Å²) in [5.41, 5.74) is 0.375. The molecule has 0 fully saturated rings. The Hall–Kier alpha value is -4.63. The van der Waals surface area contributed by atoms with Crippen LogP contribution in [0.15, 0.2) is 89.8 Å². The first-order valence-corrected chi connectivity index (χ1v) is 11.7. The lowest BCUT2D eigenvalue weighted by atomic mass is 10.0. The third kappa shape index (κ3) is 5.70. The van der Waals surface area contributed by atoms with Crippen LogP contribution in [0.4, 0.5) is 11.4 Å². The molecule has 0 radical (unpaired) electrons. The maximum atomic E-state index is 12.6. The fourth-order valence-electron chi connectivity index (χ4n) is 3.55. The first-order valence-electron chi connectivity index (χ1n) is 10.7. The molecule has 180 valence electrons. The van der Waals surface area contributed by atoms with Gasteiger partial charge in [-0.1, -0.05) is 36.4 Å². The van der Waals surface area contributed by atoms with Crippen LogP contribution in [0, 0.1) is 0 Å². The molecule has 4 aromatic rings. The van der Waals surface area contributed by atoms with Crippen molar-refractivity contribution in [2.75, 3.05) is 16.4 Å². The summed E-state index contributed by atoms with van der Waals surface area (Å²) in [5, 5.41) is 26.0. The number of carbonyl (C=O) groups is 4. The molecule has 4 N–H and O–H groups in total. The van der Waals surface area contributed by atoms with Gasteiger partial charge in [-0.25, -0.2) is 9.59 Å². The van der Waals surface area contributed by atoms with Crippen molar-refractivity contribution in [1.82, 2.24) is 0 Å². The molecule has 0 spiro atoms. The molecule has 9 heteroatoms. The summed E-state index contributed by atoms with van der Waals surface area (Å²) < 4.78 is 0. The number of carboxylic acid groups (broad SMARTS) is 2. The van der Waals surface area contributed by atoms with E-state index in [1.54, 1.807) is 24.3 Å². The molecule has 0 bridgehead atoms. The number of amides is 2. The van der Waals surface area contributed by atoms with Gasteiger partial charge in [0.1, 0.15) is 0 Å². The number of carbonyl (C=O) groups excluding carboxylic acids is 2. The third-order valence-electron chi connectivity index (χ3n) is 5.29. The van der Waals surface area contributed by atoms with Crippen LogP contribution in [0.5, 0.6) is 0 Å². The van der Waals surface area contributed by atoms with Gasteiger partial charge >= 0.3 is 11.9 Å². The summed E-state index contributed by atoms with van der Waals surface area (Å²) >= 11 is 1.33. The lowest BCUT2D eigenvalue weighted by Gasteiger charge is -2.10. The van der Waals surface area contributed by atoms with Crippen LogP contribution in [0.25, 0.3) is 10.8 Å². The number of carboxylic acids is 2. The van der Waals surface area contributed by atoms with Crippen molar-refractivity contribution < 1.29 is 29.4 Å². The Morgan fingerprint density at radius 3 is 2.17 bits per heavy atom. The smallest absolute Gasteiger partial charge is 0.336 e. The van der Waals surface area contributed by atoms with Crippen molar-refractivity contribution >= 4 is 57.7 Å². The van der Waals surface area contributed by atoms with Gasteiger partial charge in [0.2, 0.25) is 5.91 Å². The second-order valence-corrected chi connectivity index (χ2v) is 8.76. The zero-order valence-electron chi connectivity index (χ0n) is 18.7. The molecule has 0 aromatic heterocycles. The van der Waals surface area contributed by atoms with Gasteiger partial charge in [0.05, 0.1) is 22.4 Å². The quantitative estimate of drug-likeness (QED) is 0.244. The molecule has 0 saturated heterocycles. The molecule has 36 heavy (non-hydrogen) atoms. The SMILES string of the molecule is O=C(CSc1ccc(NC(=O)c2ccc(C(=O)O)cc2C(=O)O)cc1)Nc1cccc2ccccc12. The van der Waals surface area contributed by atoms with Gasteiger partial charge in [0.15, 0.2) is 0 Å². The van der Waals surface area contributed by atoms with Crippen LogP contribution in [0.2, 0.25) is 0 Å². The van der Waals surface area contributed by atoms with E-state index in [4.69, 9.17) is 5.11 Å². The van der Waals surface area contributed by atoms with Crippen LogP contribution in [-0.2, 0) is 4.79 Å². The Morgan fingerprint density at radius 2 is 1.44 bits per heavy atom. The third-order valence-corrected chi connectivity index (χ3v) is 6.30. The van der Waals surface area contributed by atoms with Gasteiger partial charge in [-0.05, 0) is 53.9 Å². The van der Waals surface area contributed by atoms with E-state index >= 15 is 0 Å². The molecule has 0 atom stereocenters. The van der Waals surface area contributed by atoms with E-state index in [9.17, 15) is 24.3 Å². The van der Waals surface area contributed by atoms with E-state index in [1.165, 1.54) is 23.9 Å². The van der Waals surface area contributed by atoms with E-state index in [0.29, 0.717) is 5.69 Å². The van der Waals surface area contributed by atoms with Crippen LogP contribution < -0.4 is 10.6 Å². The standard InChI is InChI=1S/C27H20N2O6S/c30-24(29-23-7-3-5-16-4-1-2-6-20(16)23)15-36-19-11-9-18(10-12-19)28-25(31)21-13-8-17(26(32)33)14-22(21)27(34)35/h1-14H,15H2,(H,28,31)(H,29,30)(H,32,33)(H,34,35). The Labute approximate surface area is 210 Å². The molecule has 2 amide bonds. The lowest BCUT2D eigenvalue weighted by Crippen LogP contribution is -2.17.